The molecule has 0 saturated heterocycles. The van der Waals surface area contributed by atoms with E-state index in [1.165, 1.54) is 0 Å². The molecule has 1 aromatic carbocycles. The van der Waals surface area contributed by atoms with Gasteiger partial charge in [-0.05, 0) is 24.3 Å². The summed E-state index contributed by atoms with van der Waals surface area (Å²) in [6, 6.07) is 7.97. The smallest absolute Gasteiger partial charge is 0.329 e. The average molecular weight is 442 g/mol. The molecule has 9 heteroatoms. The van der Waals surface area contributed by atoms with Crippen LogP contribution in [0.3, 0.4) is 0 Å². The predicted molar refractivity (Wildman–Crippen MR) is 127 cm³/mol. The molecule has 0 radical (unpaired) electrons. The summed E-state index contributed by atoms with van der Waals surface area (Å²) in [7, 11) is 1.59. The number of ether oxygens (including phenoxy) is 1. The van der Waals surface area contributed by atoms with Crippen LogP contribution in [0.25, 0.3) is 0 Å². The minimum absolute atomic E-state index is 0. The molecule has 8 nitrogen and oxygen atoms in total. The van der Waals surface area contributed by atoms with Gasteiger partial charge < -0.3 is 26.8 Å². The second kappa shape index (κ2) is 16.5. The lowest BCUT2D eigenvalue weighted by Gasteiger charge is -2.24. The summed E-state index contributed by atoms with van der Waals surface area (Å²) >= 11 is 0. The van der Waals surface area contributed by atoms with E-state index in [0.29, 0.717) is 25.3 Å². The SMILES string of the molecule is C.CCC(C)[C@H](NC(=O)[C@H](N)CCCNC(N)=NC)C(=O)OCc1ccccc1.S. The van der Waals surface area contributed by atoms with E-state index in [4.69, 9.17) is 16.2 Å². The zero-order chi connectivity index (χ0) is 20.9. The Bertz CT molecular complexity index is 643. The van der Waals surface area contributed by atoms with Crippen molar-refractivity contribution in [3.8, 4) is 0 Å². The number of benzene rings is 1. The zero-order valence-corrected chi connectivity index (χ0v) is 18.5. The van der Waals surface area contributed by atoms with Crippen LogP contribution in [0.2, 0.25) is 0 Å². The van der Waals surface area contributed by atoms with Crippen LogP contribution >= 0.6 is 13.5 Å². The van der Waals surface area contributed by atoms with Crippen molar-refractivity contribution in [2.45, 2.75) is 59.2 Å². The molecule has 1 amide bonds. The van der Waals surface area contributed by atoms with E-state index < -0.39 is 18.1 Å². The monoisotopic (exact) mass is 441 g/mol. The number of nitrogens with one attached hydrogen (secondary N) is 2. The van der Waals surface area contributed by atoms with Gasteiger partial charge in [0.15, 0.2) is 5.96 Å². The van der Waals surface area contributed by atoms with Gasteiger partial charge in [-0.3, -0.25) is 9.79 Å². The van der Waals surface area contributed by atoms with Gasteiger partial charge in [0.2, 0.25) is 5.91 Å². The van der Waals surface area contributed by atoms with Crippen LogP contribution in [0, 0.1) is 5.92 Å². The molecule has 0 aliphatic carbocycles. The van der Waals surface area contributed by atoms with Crippen LogP contribution in [0.1, 0.15) is 46.1 Å². The van der Waals surface area contributed by atoms with Gasteiger partial charge in [-0.1, -0.05) is 58.0 Å². The number of guanidine groups is 1. The molecule has 30 heavy (non-hydrogen) atoms. The number of rotatable bonds is 11. The Labute approximate surface area is 187 Å². The van der Waals surface area contributed by atoms with Crippen LogP contribution in [-0.4, -0.2) is 43.5 Å². The molecule has 6 N–H and O–H groups in total. The highest BCUT2D eigenvalue weighted by Crippen LogP contribution is 2.12. The number of carbonyl (C=O) groups is 2. The predicted octanol–water partition coefficient (Wildman–Crippen LogP) is 1.65. The standard InChI is InChI=1S/C20H33N5O3.CH4.H2S/c1-4-14(2)17(19(27)28-13-15-9-6-5-7-10-15)25-18(26)16(21)11-8-12-24-20(22)23-3;;/h5-7,9-10,14,16-17H,4,8,11-13,21H2,1-3H3,(H,25,26)(H3,22,23,24);1H4;1H2/t14?,16-,17+;;/m1../s1. The van der Waals surface area contributed by atoms with Crippen molar-refractivity contribution in [2.75, 3.05) is 13.6 Å². The van der Waals surface area contributed by atoms with Crippen molar-refractivity contribution in [1.82, 2.24) is 10.6 Å². The quantitative estimate of drug-likeness (QED) is 0.179. The first-order chi connectivity index (χ1) is 13.4. The fourth-order valence-corrected chi connectivity index (χ4v) is 2.50. The van der Waals surface area contributed by atoms with Gasteiger partial charge in [0.05, 0.1) is 6.04 Å². The maximum atomic E-state index is 12.5. The van der Waals surface area contributed by atoms with E-state index in [0.717, 1.165) is 12.0 Å². The molecule has 1 rings (SSSR count). The maximum Gasteiger partial charge on any atom is 0.329 e. The Balaban J connectivity index is 0. The highest BCUT2D eigenvalue weighted by atomic mass is 32.1. The molecule has 0 bridgehead atoms. The normalized spacial score (nSPS) is 13.7. The fourth-order valence-electron chi connectivity index (χ4n) is 2.50. The van der Waals surface area contributed by atoms with E-state index in [9.17, 15) is 9.59 Å². The fraction of sp³-hybridized carbons (Fsp3) is 0.571. The Kier molecular flexibility index (Phi) is 16.5. The van der Waals surface area contributed by atoms with Crippen molar-refractivity contribution in [3.63, 3.8) is 0 Å². The minimum atomic E-state index is -0.728. The van der Waals surface area contributed by atoms with E-state index in [2.05, 4.69) is 15.6 Å². The lowest BCUT2D eigenvalue weighted by molar-refractivity contribution is -0.150. The maximum absolute atomic E-state index is 12.5. The molecule has 0 aromatic heterocycles. The van der Waals surface area contributed by atoms with Crippen molar-refractivity contribution < 1.29 is 14.3 Å². The van der Waals surface area contributed by atoms with E-state index >= 15 is 0 Å². The van der Waals surface area contributed by atoms with Gasteiger partial charge in [-0.15, -0.1) is 0 Å². The Morgan fingerprint density at radius 3 is 2.43 bits per heavy atom. The Morgan fingerprint density at radius 2 is 1.87 bits per heavy atom. The minimum Gasteiger partial charge on any atom is -0.459 e. The molecule has 1 unspecified atom stereocenters. The molecule has 0 aliphatic heterocycles. The van der Waals surface area contributed by atoms with Crippen LogP contribution in [0.15, 0.2) is 35.3 Å². The molecule has 0 spiro atoms. The average Bonchev–Trinajstić information content (AvgIpc) is 2.72. The van der Waals surface area contributed by atoms with Gasteiger partial charge in [-0.25, -0.2) is 4.79 Å². The van der Waals surface area contributed by atoms with E-state index in [1.54, 1.807) is 7.05 Å². The van der Waals surface area contributed by atoms with Crippen molar-refractivity contribution in [3.05, 3.63) is 35.9 Å². The molecule has 1 aromatic rings. The zero-order valence-electron chi connectivity index (χ0n) is 17.5. The van der Waals surface area contributed by atoms with Crippen LogP contribution in [-0.2, 0) is 20.9 Å². The third-order valence-electron chi connectivity index (χ3n) is 4.56. The number of nitrogens with zero attached hydrogens (tertiary/aromatic N) is 1. The molecule has 0 fully saturated rings. The van der Waals surface area contributed by atoms with Gasteiger partial charge in [0, 0.05) is 13.6 Å². The summed E-state index contributed by atoms with van der Waals surface area (Å²) in [6.45, 7) is 4.59. The summed E-state index contributed by atoms with van der Waals surface area (Å²) in [5, 5.41) is 5.67. The molecule has 0 heterocycles. The summed E-state index contributed by atoms with van der Waals surface area (Å²) < 4.78 is 5.40. The molecule has 0 saturated carbocycles. The lowest BCUT2D eigenvalue weighted by Crippen LogP contribution is -2.51. The molecular formula is C21H39N5O3S. The second-order valence-electron chi connectivity index (χ2n) is 6.75. The van der Waals surface area contributed by atoms with Crippen molar-refractivity contribution >= 4 is 31.3 Å². The molecule has 0 aliphatic rings. The van der Waals surface area contributed by atoms with Crippen LogP contribution in [0.4, 0.5) is 0 Å². The van der Waals surface area contributed by atoms with Gasteiger partial charge >= 0.3 is 5.97 Å². The largest absolute Gasteiger partial charge is 0.459 e. The van der Waals surface area contributed by atoms with Crippen molar-refractivity contribution in [1.29, 1.82) is 0 Å². The Morgan fingerprint density at radius 1 is 1.23 bits per heavy atom. The van der Waals surface area contributed by atoms with Crippen LogP contribution < -0.4 is 22.1 Å². The summed E-state index contributed by atoms with van der Waals surface area (Å²) in [5.74, 6) is -0.538. The highest BCUT2D eigenvalue weighted by molar-refractivity contribution is 7.59. The van der Waals surface area contributed by atoms with E-state index in [-0.39, 0.29) is 39.4 Å². The number of hydrogen-bond donors (Lipinski definition) is 4. The lowest BCUT2D eigenvalue weighted by atomic mass is 9.98. The first-order valence-electron chi connectivity index (χ1n) is 9.61. The summed E-state index contributed by atoms with van der Waals surface area (Å²) in [4.78, 5) is 28.7. The van der Waals surface area contributed by atoms with Gasteiger partial charge in [0.25, 0.3) is 0 Å². The molecular weight excluding hydrogens is 402 g/mol. The molecule has 3 atom stereocenters. The van der Waals surface area contributed by atoms with Gasteiger partial charge in [0.1, 0.15) is 12.6 Å². The molecule has 172 valence electrons. The topological polar surface area (TPSA) is 132 Å². The number of hydrogen-bond acceptors (Lipinski definition) is 5. The third-order valence-corrected chi connectivity index (χ3v) is 4.56. The third kappa shape index (κ3) is 11.1. The van der Waals surface area contributed by atoms with E-state index in [1.807, 2.05) is 44.2 Å². The van der Waals surface area contributed by atoms with Crippen LogP contribution in [0.5, 0.6) is 0 Å². The van der Waals surface area contributed by atoms with Gasteiger partial charge in [-0.2, -0.15) is 13.5 Å². The highest BCUT2D eigenvalue weighted by Gasteiger charge is 2.29. The number of amides is 1. The Hall–Kier alpha value is -2.26. The number of esters is 1. The number of aliphatic imine (C=N–C) groups is 1. The first-order valence-corrected chi connectivity index (χ1v) is 9.61. The summed E-state index contributed by atoms with van der Waals surface area (Å²) in [6.07, 6.45) is 1.83. The number of nitrogens with two attached hydrogens (primary N) is 2. The van der Waals surface area contributed by atoms with Crippen molar-refractivity contribution in [2.24, 2.45) is 22.4 Å². The summed E-state index contributed by atoms with van der Waals surface area (Å²) in [5.41, 5.74) is 12.4. The number of carbonyl (C=O) groups excluding carboxylic acids is 2. The first kappa shape index (κ1) is 29.9. The second-order valence-corrected chi connectivity index (χ2v) is 6.75.